The Kier molecular flexibility index (Phi) is 4.29. The van der Waals surface area contributed by atoms with E-state index in [2.05, 4.69) is 32.5 Å². The largest absolute Gasteiger partial charge is 0.386 e. The Labute approximate surface area is 149 Å². The normalized spacial score (nSPS) is 30.7. The van der Waals surface area contributed by atoms with Crippen molar-refractivity contribution in [1.29, 1.82) is 0 Å². The highest BCUT2D eigenvalue weighted by atomic mass is 19.3. The SMILES string of the molecule is CC1CC1Nc1nc(NC2CC(F)(F)C2)nc(C2=C(F)C(O)CCC2)n1. The Morgan fingerprint density at radius 3 is 2.38 bits per heavy atom. The number of hydrogen-bond acceptors (Lipinski definition) is 6. The van der Waals surface area contributed by atoms with E-state index >= 15 is 0 Å². The summed E-state index contributed by atoms with van der Waals surface area (Å²) in [4.78, 5) is 12.8. The van der Waals surface area contributed by atoms with E-state index < -0.39 is 23.9 Å². The fourth-order valence-corrected chi connectivity index (χ4v) is 3.41. The van der Waals surface area contributed by atoms with E-state index in [0.29, 0.717) is 31.1 Å². The number of halogens is 3. The molecule has 1 aromatic rings. The molecule has 3 aliphatic carbocycles. The van der Waals surface area contributed by atoms with Gasteiger partial charge in [-0.3, -0.25) is 0 Å². The third kappa shape index (κ3) is 3.62. The van der Waals surface area contributed by atoms with Crippen LogP contribution in [0.2, 0.25) is 0 Å². The minimum Gasteiger partial charge on any atom is -0.386 e. The van der Waals surface area contributed by atoms with Gasteiger partial charge in [0.2, 0.25) is 11.9 Å². The van der Waals surface area contributed by atoms with Gasteiger partial charge in [0.25, 0.3) is 5.92 Å². The molecule has 0 aromatic carbocycles. The van der Waals surface area contributed by atoms with Crippen LogP contribution in [0.3, 0.4) is 0 Å². The first-order chi connectivity index (χ1) is 12.3. The van der Waals surface area contributed by atoms with Gasteiger partial charge < -0.3 is 15.7 Å². The van der Waals surface area contributed by atoms with Crippen LogP contribution in [0.25, 0.3) is 5.57 Å². The molecule has 0 aliphatic heterocycles. The van der Waals surface area contributed by atoms with E-state index in [1.165, 1.54) is 0 Å². The quantitative estimate of drug-likeness (QED) is 0.740. The van der Waals surface area contributed by atoms with Crippen LogP contribution < -0.4 is 10.6 Å². The highest BCUT2D eigenvalue weighted by molar-refractivity contribution is 5.65. The molecule has 0 spiro atoms. The first-order valence-corrected chi connectivity index (χ1v) is 9.05. The molecule has 2 fully saturated rings. The highest BCUT2D eigenvalue weighted by Gasteiger charge is 2.45. The Hall–Kier alpha value is -1.90. The molecule has 6 nitrogen and oxygen atoms in total. The maximum atomic E-state index is 14.4. The number of anilines is 2. The third-order valence-electron chi connectivity index (χ3n) is 5.24. The summed E-state index contributed by atoms with van der Waals surface area (Å²) >= 11 is 0. The van der Waals surface area contributed by atoms with E-state index in [-0.39, 0.29) is 36.2 Å². The van der Waals surface area contributed by atoms with Crippen molar-refractivity contribution >= 4 is 17.5 Å². The van der Waals surface area contributed by atoms with Gasteiger partial charge in [0.05, 0.1) is 0 Å². The lowest BCUT2D eigenvalue weighted by atomic mass is 9.88. The summed E-state index contributed by atoms with van der Waals surface area (Å²) in [5, 5.41) is 15.8. The number of alkyl halides is 2. The molecule has 0 saturated heterocycles. The Morgan fingerprint density at radius 1 is 1.12 bits per heavy atom. The predicted octanol–water partition coefficient (Wildman–Crippen LogP) is 3.13. The maximum Gasteiger partial charge on any atom is 0.252 e. The lowest BCUT2D eigenvalue weighted by Gasteiger charge is -2.35. The van der Waals surface area contributed by atoms with Gasteiger partial charge in [-0.1, -0.05) is 6.92 Å². The summed E-state index contributed by atoms with van der Waals surface area (Å²) in [5.74, 6) is -2.15. The molecule has 4 rings (SSSR count). The fraction of sp³-hybridized carbons (Fsp3) is 0.706. The number of rotatable bonds is 5. The maximum absolute atomic E-state index is 14.4. The number of aromatic nitrogens is 3. The topological polar surface area (TPSA) is 83.0 Å². The molecule has 2 saturated carbocycles. The van der Waals surface area contributed by atoms with Crippen LogP contribution >= 0.6 is 0 Å². The van der Waals surface area contributed by atoms with Gasteiger partial charge in [0.15, 0.2) is 5.82 Å². The molecule has 9 heteroatoms. The molecule has 0 bridgehead atoms. The summed E-state index contributed by atoms with van der Waals surface area (Å²) in [6, 6.07) is -0.161. The van der Waals surface area contributed by atoms with Crippen molar-refractivity contribution in [3.05, 3.63) is 11.7 Å². The molecular formula is C17H22F3N5O. The smallest absolute Gasteiger partial charge is 0.252 e. The van der Waals surface area contributed by atoms with Crippen LogP contribution in [0.1, 0.15) is 51.3 Å². The van der Waals surface area contributed by atoms with Crippen LogP contribution in [0.15, 0.2) is 5.83 Å². The second-order valence-electron chi connectivity index (χ2n) is 7.61. The minimum absolute atomic E-state index is 0.153. The first kappa shape index (κ1) is 17.5. The van der Waals surface area contributed by atoms with Gasteiger partial charge in [0, 0.05) is 30.5 Å². The number of hydrogen-bond donors (Lipinski definition) is 3. The van der Waals surface area contributed by atoms with Gasteiger partial charge in [-0.05, 0) is 31.6 Å². The summed E-state index contributed by atoms with van der Waals surface area (Å²) in [6.45, 7) is 2.09. The summed E-state index contributed by atoms with van der Waals surface area (Å²) in [5.41, 5.74) is 0.264. The van der Waals surface area contributed by atoms with Crippen LogP contribution in [-0.4, -0.2) is 44.2 Å². The van der Waals surface area contributed by atoms with Gasteiger partial charge in [-0.15, -0.1) is 0 Å². The van der Waals surface area contributed by atoms with E-state index in [9.17, 15) is 18.3 Å². The molecule has 0 amide bonds. The zero-order valence-corrected chi connectivity index (χ0v) is 14.5. The van der Waals surface area contributed by atoms with E-state index in [4.69, 9.17) is 0 Å². The van der Waals surface area contributed by atoms with Crippen molar-refractivity contribution in [3.8, 4) is 0 Å². The van der Waals surface area contributed by atoms with E-state index in [1.807, 2.05) is 0 Å². The number of nitrogens with one attached hydrogen (secondary N) is 2. The van der Waals surface area contributed by atoms with E-state index in [1.54, 1.807) is 0 Å². The van der Waals surface area contributed by atoms with E-state index in [0.717, 1.165) is 6.42 Å². The molecule has 0 radical (unpaired) electrons. The average molecular weight is 369 g/mol. The number of aliphatic hydroxyl groups excluding tert-OH is 1. The van der Waals surface area contributed by atoms with Crippen LogP contribution in [0.4, 0.5) is 25.1 Å². The zero-order chi connectivity index (χ0) is 18.5. The average Bonchev–Trinajstić information content (AvgIpc) is 3.23. The monoisotopic (exact) mass is 369 g/mol. The molecule has 3 atom stereocenters. The Bertz CT molecular complexity index is 733. The summed E-state index contributed by atoms with van der Waals surface area (Å²) in [7, 11) is 0. The van der Waals surface area contributed by atoms with Crippen LogP contribution in [0, 0.1) is 5.92 Å². The Balaban J connectivity index is 1.61. The lowest BCUT2D eigenvalue weighted by Crippen LogP contribution is -2.44. The predicted molar refractivity (Wildman–Crippen MR) is 90.5 cm³/mol. The number of aliphatic hydroxyl groups is 1. The van der Waals surface area contributed by atoms with Gasteiger partial charge in [0.1, 0.15) is 11.9 Å². The first-order valence-electron chi connectivity index (χ1n) is 9.05. The lowest BCUT2D eigenvalue weighted by molar-refractivity contribution is -0.0794. The molecule has 142 valence electrons. The molecule has 3 unspecified atom stereocenters. The fourth-order valence-electron chi connectivity index (χ4n) is 3.41. The molecule has 1 heterocycles. The van der Waals surface area contributed by atoms with Crippen molar-refractivity contribution in [2.45, 2.75) is 69.6 Å². The molecule has 26 heavy (non-hydrogen) atoms. The zero-order valence-electron chi connectivity index (χ0n) is 14.5. The standard InChI is InChI=1S/C17H22F3N5O/c1-8-5-11(8)22-16-24-14(10-3-2-4-12(26)13(10)18)23-15(25-16)21-9-6-17(19,20)7-9/h8-9,11-12,26H,2-7H2,1H3,(H2,21,22,23,24,25). The van der Waals surface area contributed by atoms with Crippen molar-refractivity contribution < 1.29 is 18.3 Å². The number of allylic oxidation sites excluding steroid dienone is 1. The minimum atomic E-state index is -2.65. The van der Waals surface area contributed by atoms with Crippen molar-refractivity contribution in [2.24, 2.45) is 5.92 Å². The van der Waals surface area contributed by atoms with Crippen LogP contribution in [-0.2, 0) is 0 Å². The molecular weight excluding hydrogens is 347 g/mol. The highest BCUT2D eigenvalue weighted by Crippen LogP contribution is 2.39. The third-order valence-corrected chi connectivity index (χ3v) is 5.24. The second-order valence-corrected chi connectivity index (χ2v) is 7.61. The summed E-state index contributed by atoms with van der Waals surface area (Å²) in [6.07, 6.45) is 0.736. The van der Waals surface area contributed by atoms with Crippen molar-refractivity contribution in [2.75, 3.05) is 10.6 Å². The second kappa shape index (κ2) is 6.37. The molecule has 1 aromatic heterocycles. The van der Waals surface area contributed by atoms with Crippen LogP contribution in [0.5, 0.6) is 0 Å². The van der Waals surface area contributed by atoms with Gasteiger partial charge in [-0.25, -0.2) is 13.2 Å². The van der Waals surface area contributed by atoms with Crippen molar-refractivity contribution in [1.82, 2.24) is 15.0 Å². The van der Waals surface area contributed by atoms with Crippen molar-refractivity contribution in [3.63, 3.8) is 0 Å². The van der Waals surface area contributed by atoms with Gasteiger partial charge >= 0.3 is 0 Å². The molecule has 3 aliphatic rings. The Morgan fingerprint density at radius 2 is 1.77 bits per heavy atom. The van der Waals surface area contributed by atoms with Gasteiger partial charge in [-0.2, -0.15) is 15.0 Å². The number of nitrogens with zero attached hydrogens (tertiary/aromatic N) is 3. The molecule has 3 N–H and O–H groups in total. The summed E-state index contributed by atoms with van der Waals surface area (Å²) < 4.78 is 40.5.